The first-order valence-electron chi connectivity index (χ1n) is 10.1. The molecule has 30 heavy (non-hydrogen) atoms. The van der Waals surface area contributed by atoms with E-state index >= 15 is 0 Å². The third-order valence-corrected chi connectivity index (χ3v) is 7.35. The van der Waals surface area contributed by atoms with E-state index < -0.39 is 10.0 Å². The van der Waals surface area contributed by atoms with Gasteiger partial charge in [0.05, 0.1) is 10.9 Å². The number of piperazine rings is 1. The van der Waals surface area contributed by atoms with Gasteiger partial charge in [0.1, 0.15) is 0 Å². The zero-order chi connectivity index (χ0) is 21.7. The normalized spacial score (nSPS) is 16.5. The van der Waals surface area contributed by atoms with Crippen LogP contribution in [0.1, 0.15) is 17.2 Å². The van der Waals surface area contributed by atoms with E-state index in [1.807, 2.05) is 21.0 Å². The third kappa shape index (κ3) is 5.19. The number of carbonyl (C=O) groups excluding carboxylic acids is 1. The molecular weight excluding hydrogens is 400 g/mol. The second kappa shape index (κ2) is 9.59. The number of aryl methyl sites for hydroxylation is 1. The predicted octanol–water partition coefficient (Wildman–Crippen LogP) is 2.31. The summed E-state index contributed by atoms with van der Waals surface area (Å²) in [5.41, 5.74) is 2.34. The van der Waals surface area contributed by atoms with Crippen LogP contribution >= 0.6 is 0 Å². The molecular formula is C22H30N4O3S. The van der Waals surface area contributed by atoms with Gasteiger partial charge in [-0.15, -0.1) is 0 Å². The molecule has 0 bridgehead atoms. The molecule has 0 aliphatic carbocycles. The monoisotopic (exact) mass is 430 g/mol. The number of likely N-dealkylation sites (N-methyl/N-ethyl adjacent to an activating group) is 1. The van der Waals surface area contributed by atoms with Gasteiger partial charge in [-0.2, -0.15) is 4.31 Å². The summed E-state index contributed by atoms with van der Waals surface area (Å²) in [6.07, 6.45) is 0. The summed E-state index contributed by atoms with van der Waals surface area (Å²) in [6.45, 7) is 3.86. The topological polar surface area (TPSA) is 73.0 Å². The Morgan fingerprint density at radius 3 is 2.17 bits per heavy atom. The molecule has 0 saturated carbocycles. The van der Waals surface area contributed by atoms with Crippen LogP contribution in [0.5, 0.6) is 0 Å². The lowest BCUT2D eigenvalue weighted by atomic mass is 10.0. The van der Waals surface area contributed by atoms with Crippen LogP contribution in [0, 0.1) is 6.92 Å². The van der Waals surface area contributed by atoms with Gasteiger partial charge in [0.25, 0.3) is 0 Å². The van der Waals surface area contributed by atoms with Crippen LogP contribution in [0.25, 0.3) is 0 Å². The third-order valence-electron chi connectivity index (χ3n) is 5.44. The van der Waals surface area contributed by atoms with E-state index in [1.165, 1.54) is 9.87 Å². The van der Waals surface area contributed by atoms with Crippen LogP contribution in [0.3, 0.4) is 0 Å². The van der Waals surface area contributed by atoms with Gasteiger partial charge in [0.2, 0.25) is 10.0 Å². The molecule has 1 fully saturated rings. The highest BCUT2D eigenvalue weighted by Gasteiger charge is 2.30. The molecule has 162 valence electrons. The standard InChI is InChI=1S/C22H30N4O3S/c1-18-9-11-19(12-10-18)21(24(2)3)17-23-22(27)25-13-15-26(16-14-25)30(28,29)20-7-5-4-6-8-20/h4-12,21H,13-17H2,1-3H3,(H,23,27). The Balaban J connectivity index is 1.55. The van der Waals surface area contributed by atoms with E-state index in [9.17, 15) is 13.2 Å². The summed E-state index contributed by atoms with van der Waals surface area (Å²) in [5, 5.41) is 3.01. The maximum absolute atomic E-state index is 12.7. The summed E-state index contributed by atoms with van der Waals surface area (Å²) >= 11 is 0. The van der Waals surface area contributed by atoms with E-state index in [0.29, 0.717) is 32.7 Å². The zero-order valence-corrected chi connectivity index (χ0v) is 18.6. The molecule has 1 atom stereocenters. The van der Waals surface area contributed by atoms with E-state index in [4.69, 9.17) is 0 Å². The van der Waals surface area contributed by atoms with Crippen molar-refractivity contribution in [3.05, 3.63) is 65.7 Å². The van der Waals surface area contributed by atoms with E-state index in [2.05, 4.69) is 34.5 Å². The minimum absolute atomic E-state index is 0.0642. The smallest absolute Gasteiger partial charge is 0.317 e. The Hall–Kier alpha value is -2.42. The average Bonchev–Trinajstić information content (AvgIpc) is 2.75. The van der Waals surface area contributed by atoms with E-state index in [0.717, 1.165) is 5.56 Å². The Kier molecular flexibility index (Phi) is 7.12. The first-order chi connectivity index (χ1) is 14.3. The van der Waals surface area contributed by atoms with Crippen molar-refractivity contribution in [2.75, 3.05) is 46.8 Å². The van der Waals surface area contributed by atoms with Crippen molar-refractivity contribution in [1.29, 1.82) is 0 Å². The van der Waals surface area contributed by atoms with Gasteiger partial charge in [-0.3, -0.25) is 0 Å². The highest BCUT2D eigenvalue weighted by molar-refractivity contribution is 7.89. The molecule has 1 saturated heterocycles. The lowest BCUT2D eigenvalue weighted by molar-refractivity contribution is 0.168. The number of nitrogens with one attached hydrogen (secondary N) is 1. The fourth-order valence-electron chi connectivity index (χ4n) is 3.56. The lowest BCUT2D eigenvalue weighted by Crippen LogP contribution is -2.53. The summed E-state index contributed by atoms with van der Waals surface area (Å²) in [5.74, 6) is 0. The summed E-state index contributed by atoms with van der Waals surface area (Å²) < 4.78 is 26.9. The van der Waals surface area contributed by atoms with Crippen LogP contribution in [-0.4, -0.2) is 75.4 Å². The molecule has 1 N–H and O–H groups in total. The quantitative estimate of drug-likeness (QED) is 0.763. The molecule has 1 unspecified atom stereocenters. The number of hydrogen-bond acceptors (Lipinski definition) is 4. The zero-order valence-electron chi connectivity index (χ0n) is 17.8. The van der Waals surface area contributed by atoms with Crippen molar-refractivity contribution in [2.24, 2.45) is 0 Å². The molecule has 2 amide bonds. The second-order valence-corrected chi connectivity index (χ2v) is 9.72. The fourth-order valence-corrected chi connectivity index (χ4v) is 5.00. The largest absolute Gasteiger partial charge is 0.336 e. The van der Waals surface area contributed by atoms with E-state index in [1.54, 1.807) is 35.2 Å². The van der Waals surface area contributed by atoms with Crippen molar-refractivity contribution in [2.45, 2.75) is 17.9 Å². The maximum Gasteiger partial charge on any atom is 0.317 e. The van der Waals surface area contributed by atoms with Crippen molar-refractivity contribution >= 4 is 16.1 Å². The summed E-state index contributed by atoms with van der Waals surface area (Å²) in [6, 6.07) is 16.6. The molecule has 1 aliphatic heterocycles. The molecule has 3 rings (SSSR count). The number of benzene rings is 2. The van der Waals surface area contributed by atoms with Gasteiger partial charge in [-0.25, -0.2) is 13.2 Å². The van der Waals surface area contributed by atoms with Crippen LogP contribution in [0.4, 0.5) is 4.79 Å². The number of hydrogen-bond donors (Lipinski definition) is 1. The molecule has 0 aromatic heterocycles. The first-order valence-corrected chi connectivity index (χ1v) is 11.5. The highest BCUT2D eigenvalue weighted by atomic mass is 32.2. The van der Waals surface area contributed by atoms with Crippen molar-refractivity contribution in [1.82, 2.24) is 19.4 Å². The number of amides is 2. The molecule has 0 spiro atoms. The van der Waals surface area contributed by atoms with Crippen LogP contribution < -0.4 is 5.32 Å². The predicted molar refractivity (Wildman–Crippen MR) is 118 cm³/mol. The Labute approximate surface area is 179 Å². The van der Waals surface area contributed by atoms with Gasteiger partial charge in [-0.1, -0.05) is 48.0 Å². The SMILES string of the molecule is Cc1ccc(C(CNC(=O)N2CCN(S(=O)(=O)c3ccccc3)CC2)N(C)C)cc1. The lowest BCUT2D eigenvalue weighted by Gasteiger charge is -2.34. The summed E-state index contributed by atoms with van der Waals surface area (Å²) in [4.78, 5) is 16.7. The van der Waals surface area contributed by atoms with Crippen LogP contribution in [-0.2, 0) is 10.0 Å². The first kappa shape index (κ1) is 22.3. The molecule has 2 aromatic rings. The molecule has 0 radical (unpaired) electrons. The van der Waals surface area contributed by atoms with Crippen molar-refractivity contribution < 1.29 is 13.2 Å². The number of carbonyl (C=O) groups is 1. The van der Waals surface area contributed by atoms with E-state index in [-0.39, 0.29) is 17.0 Å². The Morgan fingerprint density at radius 1 is 1.00 bits per heavy atom. The molecule has 7 nitrogen and oxygen atoms in total. The Bertz CT molecular complexity index is 938. The van der Waals surface area contributed by atoms with Crippen molar-refractivity contribution in [3.8, 4) is 0 Å². The highest BCUT2D eigenvalue weighted by Crippen LogP contribution is 2.19. The minimum Gasteiger partial charge on any atom is -0.336 e. The number of sulfonamides is 1. The van der Waals surface area contributed by atoms with Gasteiger partial charge in [0.15, 0.2) is 0 Å². The second-order valence-electron chi connectivity index (χ2n) is 7.78. The molecule has 8 heteroatoms. The summed E-state index contributed by atoms with van der Waals surface area (Å²) in [7, 11) is 0.461. The van der Waals surface area contributed by atoms with Crippen LogP contribution in [0.2, 0.25) is 0 Å². The maximum atomic E-state index is 12.7. The number of nitrogens with zero attached hydrogens (tertiary/aromatic N) is 3. The van der Waals surface area contributed by atoms with Crippen molar-refractivity contribution in [3.63, 3.8) is 0 Å². The number of urea groups is 1. The van der Waals surface area contributed by atoms with Gasteiger partial charge < -0.3 is 15.1 Å². The molecule has 1 aliphatic rings. The van der Waals surface area contributed by atoms with Crippen LogP contribution in [0.15, 0.2) is 59.5 Å². The average molecular weight is 431 g/mol. The molecule has 1 heterocycles. The fraction of sp³-hybridized carbons (Fsp3) is 0.409. The van der Waals surface area contributed by atoms with Gasteiger partial charge in [-0.05, 0) is 38.7 Å². The Morgan fingerprint density at radius 2 is 1.60 bits per heavy atom. The molecule has 2 aromatic carbocycles. The number of rotatable bonds is 6. The minimum atomic E-state index is -3.52. The van der Waals surface area contributed by atoms with Gasteiger partial charge >= 0.3 is 6.03 Å². The van der Waals surface area contributed by atoms with Gasteiger partial charge in [0, 0.05) is 32.7 Å².